The Morgan fingerprint density at radius 3 is 2.59 bits per heavy atom. The molecule has 11 nitrogen and oxygen atoms in total. The normalized spacial score (nSPS) is 11.8. The van der Waals surface area contributed by atoms with Gasteiger partial charge in [-0.1, -0.05) is 12.1 Å². The molecule has 0 aliphatic carbocycles. The first-order chi connectivity index (χ1) is 15.0. The summed E-state index contributed by atoms with van der Waals surface area (Å²) in [6.07, 6.45) is 1.25. The first-order valence-corrected chi connectivity index (χ1v) is 11.3. The van der Waals surface area contributed by atoms with Gasteiger partial charge in [-0.25, -0.2) is 22.9 Å². The fraction of sp³-hybridized carbons (Fsp3) is 0.400. The largest absolute Gasteiger partial charge is 0.464 e. The Labute approximate surface area is 184 Å². The number of nitrogens with zero attached hydrogens (tertiary/aromatic N) is 4. The number of carbonyl (C=O) groups excluding carboxylic acids is 1. The van der Waals surface area contributed by atoms with Gasteiger partial charge in [-0.3, -0.25) is 18.7 Å². The highest BCUT2D eigenvalue weighted by molar-refractivity contribution is 7.89. The zero-order valence-corrected chi connectivity index (χ0v) is 19.1. The number of aromatic nitrogens is 4. The molecule has 0 radical (unpaired) electrons. The van der Waals surface area contributed by atoms with Gasteiger partial charge in [0.1, 0.15) is 6.61 Å². The Hall–Kier alpha value is -3.25. The van der Waals surface area contributed by atoms with Crippen LogP contribution < -0.4 is 16.0 Å². The van der Waals surface area contributed by atoms with E-state index in [2.05, 4.69) is 9.71 Å². The molecule has 0 atom stereocenters. The molecule has 0 unspecified atom stereocenters. The lowest BCUT2D eigenvalue weighted by Gasteiger charge is -2.10. The molecule has 0 fully saturated rings. The minimum absolute atomic E-state index is 0.0416. The van der Waals surface area contributed by atoms with E-state index >= 15 is 0 Å². The maximum Gasteiger partial charge on any atom is 0.332 e. The van der Waals surface area contributed by atoms with E-state index in [0.717, 1.165) is 10.1 Å². The summed E-state index contributed by atoms with van der Waals surface area (Å²) in [5.74, 6) is -0.585. The number of aryl methyl sites for hydroxylation is 3. The summed E-state index contributed by atoms with van der Waals surface area (Å²) in [6.45, 7) is 3.51. The van der Waals surface area contributed by atoms with Crippen LogP contribution in [0.1, 0.15) is 17.5 Å². The van der Waals surface area contributed by atoms with Crippen LogP contribution in [0.3, 0.4) is 0 Å². The number of rotatable bonds is 8. The molecule has 172 valence electrons. The van der Waals surface area contributed by atoms with Crippen LogP contribution in [-0.2, 0) is 40.2 Å². The predicted octanol–water partition coefficient (Wildman–Crippen LogP) is -0.0377. The van der Waals surface area contributed by atoms with Crippen LogP contribution in [-0.4, -0.2) is 46.2 Å². The van der Waals surface area contributed by atoms with Crippen LogP contribution in [0.25, 0.3) is 11.2 Å². The number of hydrogen-bond donors (Lipinski definition) is 1. The van der Waals surface area contributed by atoms with Crippen LogP contribution in [0, 0.1) is 13.8 Å². The van der Waals surface area contributed by atoms with Crippen LogP contribution in [0.15, 0.2) is 39.0 Å². The first-order valence-electron chi connectivity index (χ1n) is 9.86. The van der Waals surface area contributed by atoms with Crippen molar-refractivity contribution in [1.29, 1.82) is 0 Å². The van der Waals surface area contributed by atoms with Crippen molar-refractivity contribution >= 4 is 27.2 Å². The van der Waals surface area contributed by atoms with E-state index < -0.39 is 27.2 Å². The highest BCUT2D eigenvalue weighted by Crippen LogP contribution is 2.16. The number of ether oxygens (including phenoxy) is 1. The Kier molecular flexibility index (Phi) is 6.65. The Morgan fingerprint density at radius 1 is 1.16 bits per heavy atom. The first kappa shape index (κ1) is 23.4. The quantitative estimate of drug-likeness (QED) is 0.463. The molecule has 3 aromatic rings. The third-order valence-electron chi connectivity index (χ3n) is 5.07. The van der Waals surface area contributed by atoms with Gasteiger partial charge in [0.05, 0.1) is 24.2 Å². The lowest BCUT2D eigenvalue weighted by Crippen LogP contribution is -2.37. The van der Waals surface area contributed by atoms with Gasteiger partial charge in [-0.15, -0.1) is 0 Å². The Bertz CT molecular complexity index is 1400. The molecule has 0 saturated heterocycles. The van der Waals surface area contributed by atoms with Gasteiger partial charge in [0, 0.05) is 20.6 Å². The SMILES string of the molecule is Cc1ccc(C)c(S(=O)(=O)NCCC(=O)OCCn2cnc3c2c(=O)n(C)c(=O)n3C)c1. The van der Waals surface area contributed by atoms with E-state index in [1.54, 1.807) is 26.0 Å². The number of nitrogens with one attached hydrogen (secondary N) is 1. The van der Waals surface area contributed by atoms with Crippen molar-refractivity contribution in [1.82, 2.24) is 23.4 Å². The van der Waals surface area contributed by atoms with E-state index in [1.807, 2.05) is 6.07 Å². The third kappa shape index (κ3) is 4.65. The summed E-state index contributed by atoms with van der Waals surface area (Å²) in [5, 5.41) is 0. The highest BCUT2D eigenvalue weighted by Gasteiger charge is 2.18. The molecule has 2 aromatic heterocycles. The fourth-order valence-corrected chi connectivity index (χ4v) is 4.62. The standard InChI is InChI=1S/C20H25N5O6S/c1-13-5-6-14(2)15(11-13)32(29,30)22-8-7-16(26)31-10-9-25-12-21-18-17(25)19(27)24(4)20(28)23(18)3/h5-6,11-12,22H,7-10H2,1-4H3. The van der Waals surface area contributed by atoms with Crippen molar-refractivity contribution < 1.29 is 17.9 Å². The molecular weight excluding hydrogens is 438 g/mol. The van der Waals surface area contributed by atoms with E-state index in [-0.39, 0.29) is 42.2 Å². The minimum Gasteiger partial charge on any atom is -0.464 e. The molecule has 0 amide bonds. The maximum atomic E-state index is 12.5. The zero-order valence-electron chi connectivity index (χ0n) is 18.3. The molecule has 12 heteroatoms. The minimum atomic E-state index is -3.74. The molecule has 0 bridgehead atoms. The van der Waals surface area contributed by atoms with E-state index in [9.17, 15) is 22.8 Å². The monoisotopic (exact) mass is 463 g/mol. The lowest BCUT2D eigenvalue weighted by atomic mass is 10.2. The van der Waals surface area contributed by atoms with Gasteiger partial charge >= 0.3 is 11.7 Å². The van der Waals surface area contributed by atoms with Crippen LogP contribution in [0.4, 0.5) is 0 Å². The Morgan fingerprint density at radius 2 is 1.88 bits per heavy atom. The smallest absolute Gasteiger partial charge is 0.332 e. The van der Waals surface area contributed by atoms with Crippen molar-refractivity contribution in [3.05, 3.63) is 56.5 Å². The van der Waals surface area contributed by atoms with E-state index in [1.165, 1.54) is 29.6 Å². The molecule has 1 aromatic carbocycles. The molecule has 3 rings (SSSR count). The van der Waals surface area contributed by atoms with Gasteiger partial charge in [0.2, 0.25) is 10.0 Å². The number of esters is 1. The highest BCUT2D eigenvalue weighted by atomic mass is 32.2. The second-order valence-corrected chi connectivity index (χ2v) is 9.19. The summed E-state index contributed by atoms with van der Waals surface area (Å²) in [4.78, 5) is 40.6. The summed E-state index contributed by atoms with van der Waals surface area (Å²) in [7, 11) is -0.851. The van der Waals surface area contributed by atoms with Crippen LogP contribution in [0.5, 0.6) is 0 Å². The predicted molar refractivity (Wildman–Crippen MR) is 117 cm³/mol. The average Bonchev–Trinajstić information content (AvgIpc) is 3.16. The van der Waals surface area contributed by atoms with Crippen LogP contribution in [0.2, 0.25) is 0 Å². The number of hydrogen-bond acceptors (Lipinski definition) is 7. The summed E-state index contributed by atoms with van der Waals surface area (Å²) >= 11 is 0. The number of carbonyl (C=O) groups is 1. The molecular formula is C20H25N5O6S. The van der Waals surface area contributed by atoms with Crippen LogP contribution >= 0.6 is 0 Å². The zero-order chi connectivity index (χ0) is 23.6. The topological polar surface area (TPSA) is 134 Å². The fourth-order valence-electron chi connectivity index (χ4n) is 3.26. The summed E-state index contributed by atoms with van der Waals surface area (Å²) in [6, 6.07) is 5.12. The molecule has 2 heterocycles. The summed E-state index contributed by atoms with van der Waals surface area (Å²) < 4.78 is 36.2. The van der Waals surface area contributed by atoms with Crippen molar-refractivity contribution in [3.63, 3.8) is 0 Å². The van der Waals surface area contributed by atoms with Gasteiger partial charge < -0.3 is 9.30 Å². The molecule has 1 N–H and O–H groups in total. The van der Waals surface area contributed by atoms with Gasteiger partial charge in [-0.05, 0) is 31.0 Å². The van der Waals surface area contributed by atoms with E-state index in [4.69, 9.17) is 4.74 Å². The van der Waals surface area contributed by atoms with Gasteiger partial charge in [0.25, 0.3) is 5.56 Å². The lowest BCUT2D eigenvalue weighted by molar-refractivity contribution is -0.143. The van der Waals surface area contributed by atoms with Crippen molar-refractivity contribution in [2.75, 3.05) is 13.2 Å². The molecule has 0 saturated carbocycles. The number of fused-ring (bicyclic) bond motifs is 1. The number of imidazole rings is 1. The Balaban J connectivity index is 1.56. The molecule has 32 heavy (non-hydrogen) atoms. The number of sulfonamides is 1. The van der Waals surface area contributed by atoms with Gasteiger partial charge in [-0.2, -0.15) is 0 Å². The summed E-state index contributed by atoms with van der Waals surface area (Å²) in [5.41, 5.74) is 0.923. The van der Waals surface area contributed by atoms with Crippen molar-refractivity contribution in [2.45, 2.75) is 31.7 Å². The van der Waals surface area contributed by atoms with Gasteiger partial charge in [0.15, 0.2) is 11.2 Å². The molecule has 0 aliphatic rings. The van der Waals surface area contributed by atoms with E-state index in [0.29, 0.717) is 5.56 Å². The molecule has 0 aliphatic heterocycles. The average molecular weight is 464 g/mol. The van der Waals surface area contributed by atoms with Crippen molar-refractivity contribution in [2.24, 2.45) is 14.1 Å². The second kappa shape index (κ2) is 9.09. The maximum absolute atomic E-state index is 12.5. The third-order valence-corrected chi connectivity index (χ3v) is 6.67. The molecule has 0 spiro atoms. The number of benzene rings is 1. The van der Waals surface area contributed by atoms with Crippen molar-refractivity contribution in [3.8, 4) is 0 Å². The second-order valence-electron chi connectivity index (χ2n) is 7.45.